The number of nitrogens with zero attached hydrogens (tertiary/aromatic N) is 2. The predicted octanol–water partition coefficient (Wildman–Crippen LogP) is -0.900. The van der Waals surface area contributed by atoms with Crippen LogP contribution in [0.3, 0.4) is 0 Å². The Labute approximate surface area is 122 Å². The molecule has 21 heavy (non-hydrogen) atoms. The number of likely N-dealkylation sites (tertiary alicyclic amines) is 1. The number of carbonyl (C=O) groups is 2. The fourth-order valence-corrected chi connectivity index (χ4v) is 2.90. The van der Waals surface area contributed by atoms with E-state index in [0.717, 1.165) is 4.90 Å². The molecule has 2 atom stereocenters. The highest BCUT2D eigenvalue weighted by atomic mass is 16.5. The van der Waals surface area contributed by atoms with Crippen LogP contribution >= 0.6 is 0 Å². The normalized spacial score (nSPS) is 28.4. The molecule has 0 aromatic heterocycles. The van der Waals surface area contributed by atoms with E-state index < -0.39 is 29.7 Å². The van der Waals surface area contributed by atoms with Gasteiger partial charge in [-0.2, -0.15) is 0 Å². The van der Waals surface area contributed by atoms with E-state index in [4.69, 9.17) is 9.84 Å². The Morgan fingerprint density at radius 2 is 2.00 bits per heavy atom. The van der Waals surface area contributed by atoms with E-state index in [9.17, 15) is 19.8 Å². The van der Waals surface area contributed by atoms with Gasteiger partial charge in [0.1, 0.15) is 6.04 Å². The first-order valence-corrected chi connectivity index (χ1v) is 7.05. The summed E-state index contributed by atoms with van der Waals surface area (Å²) in [5, 5.41) is 29.1. The Bertz CT molecular complexity index is 409. The van der Waals surface area contributed by atoms with Gasteiger partial charge in [0, 0.05) is 46.1 Å². The highest BCUT2D eigenvalue weighted by Crippen LogP contribution is 2.24. The number of β-amino-alcohol motifs (C(OH)–C–C–N with tert-alkyl or cyclic N) is 1. The average Bonchev–Trinajstić information content (AvgIpc) is 2.80. The van der Waals surface area contributed by atoms with E-state index >= 15 is 0 Å². The summed E-state index contributed by atoms with van der Waals surface area (Å²) in [6, 6.07) is -1.50. The highest BCUT2D eigenvalue weighted by molar-refractivity contribution is 5.83. The van der Waals surface area contributed by atoms with E-state index in [2.05, 4.69) is 0 Å². The van der Waals surface area contributed by atoms with Crippen molar-refractivity contribution in [3.8, 4) is 0 Å². The minimum Gasteiger partial charge on any atom is -0.480 e. The van der Waals surface area contributed by atoms with Crippen molar-refractivity contribution in [1.82, 2.24) is 9.80 Å². The molecule has 2 aliphatic heterocycles. The van der Waals surface area contributed by atoms with Crippen LogP contribution in [0.5, 0.6) is 0 Å². The van der Waals surface area contributed by atoms with Crippen molar-refractivity contribution in [2.45, 2.75) is 37.0 Å². The standard InChI is InChI=1S/C13H22N2O6/c1-14(8-13(20)2-4-21-5-3-13)12(19)15-7-9(16)6-10(15)11(17)18/h9-10,16,20H,2-8H2,1H3,(H,17,18)/t9-,10+/m1/s1. The number of carboxylic acid groups (broad SMARTS) is 1. The van der Waals surface area contributed by atoms with Crippen molar-refractivity contribution in [3.05, 3.63) is 0 Å². The maximum absolute atomic E-state index is 12.4. The van der Waals surface area contributed by atoms with Gasteiger partial charge in [-0.25, -0.2) is 9.59 Å². The van der Waals surface area contributed by atoms with Gasteiger partial charge in [0.25, 0.3) is 0 Å². The second kappa shape index (κ2) is 6.17. The monoisotopic (exact) mass is 302 g/mol. The molecular weight excluding hydrogens is 280 g/mol. The molecule has 0 aromatic rings. The molecule has 8 nitrogen and oxygen atoms in total. The van der Waals surface area contributed by atoms with E-state index in [0.29, 0.717) is 26.1 Å². The van der Waals surface area contributed by atoms with E-state index in [1.807, 2.05) is 0 Å². The summed E-state index contributed by atoms with van der Waals surface area (Å²) < 4.78 is 5.18. The lowest BCUT2D eigenvalue weighted by Crippen LogP contribution is -2.52. The number of carboxylic acids is 1. The first kappa shape index (κ1) is 16.0. The molecule has 2 fully saturated rings. The van der Waals surface area contributed by atoms with Crippen LogP contribution in [0.4, 0.5) is 4.79 Å². The summed E-state index contributed by atoms with van der Waals surface area (Å²) in [7, 11) is 1.53. The van der Waals surface area contributed by atoms with E-state index in [1.54, 1.807) is 0 Å². The Hall–Kier alpha value is -1.38. The average molecular weight is 302 g/mol. The quantitative estimate of drug-likeness (QED) is 0.623. The number of hydrogen-bond acceptors (Lipinski definition) is 5. The van der Waals surface area contributed by atoms with Crippen LogP contribution in [0.1, 0.15) is 19.3 Å². The molecule has 0 aliphatic carbocycles. The molecule has 2 saturated heterocycles. The number of aliphatic hydroxyl groups is 2. The SMILES string of the molecule is CN(CC1(O)CCOCC1)C(=O)N1C[C@H](O)C[C@H]1C(=O)O. The van der Waals surface area contributed by atoms with Gasteiger partial charge >= 0.3 is 12.0 Å². The van der Waals surface area contributed by atoms with Crippen molar-refractivity contribution < 1.29 is 29.6 Å². The first-order valence-electron chi connectivity index (χ1n) is 7.05. The van der Waals surface area contributed by atoms with Crippen LogP contribution in [0.25, 0.3) is 0 Å². The van der Waals surface area contributed by atoms with Gasteiger partial charge in [0.15, 0.2) is 0 Å². The fourth-order valence-electron chi connectivity index (χ4n) is 2.90. The number of ether oxygens (including phenoxy) is 1. The van der Waals surface area contributed by atoms with Gasteiger partial charge in [-0.15, -0.1) is 0 Å². The summed E-state index contributed by atoms with van der Waals surface area (Å²) in [6.45, 7) is 1.01. The van der Waals surface area contributed by atoms with Crippen LogP contribution in [0, 0.1) is 0 Å². The molecule has 0 unspecified atom stereocenters. The maximum Gasteiger partial charge on any atom is 0.326 e. The zero-order valence-electron chi connectivity index (χ0n) is 12.1. The highest BCUT2D eigenvalue weighted by Gasteiger charge is 2.41. The van der Waals surface area contributed by atoms with E-state index in [1.165, 1.54) is 11.9 Å². The fraction of sp³-hybridized carbons (Fsp3) is 0.846. The third-order valence-electron chi connectivity index (χ3n) is 4.09. The van der Waals surface area contributed by atoms with Crippen molar-refractivity contribution >= 4 is 12.0 Å². The first-order chi connectivity index (χ1) is 9.82. The Morgan fingerprint density at radius 3 is 2.57 bits per heavy atom. The summed E-state index contributed by atoms with van der Waals surface area (Å²) in [4.78, 5) is 26.0. The number of urea groups is 1. The third-order valence-corrected chi connectivity index (χ3v) is 4.09. The van der Waals surface area contributed by atoms with Gasteiger partial charge in [-0.3, -0.25) is 0 Å². The smallest absolute Gasteiger partial charge is 0.326 e. The van der Waals surface area contributed by atoms with Crippen LogP contribution in [0.15, 0.2) is 0 Å². The number of likely N-dealkylation sites (N-methyl/N-ethyl adjacent to an activating group) is 1. The summed E-state index contributed by atoms with van der Waals surface area (Å²) in [5.41, 5.74) is -1.00. The number of carbonyl (C=O) groups excluding carboxylic acids is 1. The molecule has 120 valence electrons. The molecule has 0 aromatic carbocycles. The minimum atomic E-state index is -1.13. The second-order valence-electron chi connectivity index (χ2n) is 5.87. The van der Waals surface area contributed by atoms with Gasteiger partial charge in [0.2, 0.25) is 0 Å². The molecule has 2 amide bonds. The molecule has 3 N–H and O–H groups in total. The van der Waals surface area contributed by atoms with Gasteiger partial charge in [0.05, 0.1) is 18.2 Å². The molecule has 0 radical (unpaired) electrons. The van der Waals surface area contributed by atoms with Crippen LogP contribution in [-0.2, 0) is 9.53 Å². The number of amides is 2. The lowest BCUT2D eigenvalue weighted by atomic mass is 9.94. The number of hydrogen-bond donors (Lipinski definition) is 3. The molecule has 0 bridgehead atoms. The predicted molar refractivity (Wildman–Crippen MR) is 71.8 cm³/mol. The van der Waals surface area contributed by atoms with Crippen LogP contribution in [0.2, 0.25) is 0 Å². The largest absolute Gasteiger partial charge is 0.480 e. The lowest BCUT2D eigenvalue weighted by Gasteiger charge is -2.37. The summed E-state index contributed by atoms with van der Waals surface area (Å²) in [6.07, 6.45) is 0.0905. The molecule has 0 saturated carbocycles. The van der Waals surface area contributed by atoms with Crippen LogP contribution in [-0.4, -0.2) is 88.2 Å². The minimum absolute atomic E-state index is 0.00167. The van der Waals surface area contributed by atoms with Crippen LogP contribution < -0.4 is 0 Å². The molecule has 2 heterocycles. The molecule has 2 rings (SSSR count). The zero-order chi connectivity index (χ0) is 15.6. The third kappa shape index (κ3) is 3.63. The van der Waals surface area contributed by atoms with Crippen molar-refractivity contribution in [1.29, 1.82) is 0 Å². The summed E-state index contributed by atoms with van der Waals surface area (Å²) in [5.74, 6) is -1.13. The lowest BCUT2D eigenvalue weighted by molar-refractivity contribution is -0.141. The van der Waals surface area contributed by atoms with Gasteiger partial charge < -0.3 is 29.9 Å². The summed E-state index contributed by atoms with van der Waals surface area (Å²) >= 11 is 0. The Balaban J connectivity index is 1.99. The van der Waals surface area contributed by atoms with Crippen molar-refractivity contribution in [2.75, 3.05) is 33.4 Å². The number of aliphatic hydroxyl groups excluding tert-OH is 1. The molecule has 8 heteroatoms. The van der Waals surface area contributed by atoms with Crippen molar-refractivity contribution in [3.63, 3.8) is 0 Å². The molecule has 0 spiro atoms. The topological polar surface area (TPSA) is 111 Å². The maximum atomic E-state index is 12.4. The molecule has 2 aliphatic rings. The number of rotatable bonds is 3. The Kier molecular flexibility index (Phi) is 4.70. The van der Waals surface area contributed by atoms with E-state index in [-0.39, 0.29) is 19.5 Å². The molecular formula is C13H22N2O6. The second-order valence-corrected chi connectivity index (χ2v) is 5.87. The van der Waals surface area contributed by atoms with Gasteiger partial charge in [-0.1, -0.05) is 0 Å². The van der Waals surface area contributed by atoms with Crippen molar-refractivity contribution in [2.24, 2.45) is 0 Å². The zero-order valence-corrected chi connectivity index (χ0v) is 12.1. The number of aliphatic carboxylic acids is 1. The van der Waals surface area contributed by atoms with Gasteiger partial charge in [-0.05, 0) is 0 Å². The Morgan fingerprint density at radius 1 is 1.38 bits per heavy atom.